The van der Waals surface area contributed by atoms with E-state index >= 15 is 0 Å². The van der Waals surface area contributed by atoms with Crippen molar-refractivity contribution in [3.63, 3.8) is 0 Å². The topological polar surface area (TPSA) is 75.7 Å². The molecule has 1 aliphatic rings. The normalized spacial score (nSPS) is 21.8. The van der Waals surface area contributed by atoms with Crippen LogP contribution >= 0.6 is 11.3 Å². The average Bonchev–Trinajstić information content (AvgIpc) is 3.09. The van der Waals surface area contributed by atoms with Gasteiger partial charge in [0.1, 0.15) is 0 Å². The van der Waals surface area contributed by atoms with Gasteiger partial charge in [-0.25, -0.2) is 8.42 Å². The number of sulfonamides is 1. The highest BCUT2D eigenvalue weighted by Crippen LogP contribution is 2.23. The lowest BCUT2D eigenvalue weighted by atomic mass is 10.3. The number of nitrogens with one attached hydrogen (secondary N) is 1. The van der Waals surface area contributed by atoms with Crippen molar-refractivity contribution in [2.45, 2.75) is 31.0 Å². The van der Waals surface area contributed by atoms with E-state index in [0.29, 0.717) is 23.7 Å². The van der Waals surface area contributed by atoms with Crippen molar-refractivity contribution in [3.05, 3.63) is 46.7 Å². The van der Waals surface area contributed by atoms with Crippen molar-refractivity contribution >= 4 is 33.0 Å². The summed E-state index contributed by atoms with van der Waals surface area (Å²) < 4.78 is 32.6. The molecule has 2 unspecified atom stereocenters. The number of amides is 1. The van der Waals surface area contributed by atoms with E-state index in [9.17, 15) is 13.2 Å². The van der Waals surface area contributed by atoms with Gasteiger partial charge in [-0.1, -0.05) is 6.07 Å². The van der Waals surface area contributed by atoms with E-state index in [1.807, 2.05) is 19.2 Å². The van der Waals surface area contributed by atoms with Crippen molar-refractivity contribution in [1.29, 1.82) is 0 Å². The number of rotatable bonds is 4. The average molecular weight is 380 g/mol. The SMILES string of the molecule is CC1CN(S(=O)(=O)c2ccc(NC(=O)c3cccs3)cc2)CC(C)O1. The van der Waals surface area contributed by atoms with Crippen molar-refractivity contribution in [3.8, 4) is 0 Å². The van der Waals surface area contributed by atoms with Gasteiger partial charge in [-0.3, -0.25) is 4.79 Å². The van der Waals surface area contributed by atoms with Crippen LogP contribution in [0.25, 0.3) is 0 Å². The molecule has 1 amide bonds. The minimum absolute atomic E-state index is 0.136. The Bertz CT molecular complexity index is 822. The number of hydrogen-bond donors (Lipinski definition) is 1. The second-order valence-corrected chi connectivity index (χ2v) is 8.92. The third-order valence-corrected chi connectivity index (χ3v) is 6.60. The molecule has 8 heteroatoms. The van der Waals surface area contributed by atoms with Crippen LogP contribution in [0.15, 0.2) is 46.7 Å². The molecule has 134 valence electrons. The first-order valence-corrected chi connectivity index (χ1v) is 10.3. The van der Waals surface area contributed by atoms with Gasteiger partial charge in [0.2, 0.25) is 10.0 Å². The maximum absolute atomic E-state index is 12.8. The van der Waals surface area contributed by atoms with Crippen molar-refractivity contribution in [2.75, 3.05) is 18.4 Å². The molecule has 25 heavy (non-hydrogen) atoms. The number of carbonyl (C=O) groups is 1. The summed E-state index contributed by atoms with van der Waals surface area (Å²) in [7, 11) is -3.57. The van der Waals surface area contributed by atoms with Crippen LogP contribution in [0.4, 0.5) is 5.69 Å². The number of hydrogen-bond acceptors (Lipinski definition) is 5. The molecule has 1 aliphatic heterocycles. The van der Waals surface area contributed by atoms with E-state index in [4.69, 9.17) is 4.74 Å². The van der Waals surface area contributed by atoms with Crippen LogP contribution in [0.3, 0.4) is 0 Å². The molecule has 0 saturated carbocycles. The fraction of sp³-hybridized carbons (Fsp3) is 0.353. The lowest BCUT2D eigenvalue weighted by Gasteiger charge is -2.34. The summed E-state index contributed by atoms with van der Waals surface area (Å²) in [4.78, 5) is 12.9. The third-order valence-electron chi connectivity index (χ3n) is 3.88. The predicted octanol–water partition coefficient (Wildman–Crippen LogP) is 2.80. The first kappa shape index (κ1) is 18.1. The molecule has 1 saturated heterocycles. The Balaban J connectivity index is 1.74. The van der Waals surface area contributed by atoms with E-state index in [1.54, 1.807) is 24.3 Å². The maximum atomic E-state index is 12.8. The standard InChI is InChI=1S/C17H20N2O4S2/c1-12-10-19(11-13(2)23-12)25(21,22)15-7-5-14(6-8-15)18-17(20)16-4-3-9-24-16/h3-9,12-13H,10-11H2,1-2H3,(H,18,20). The number of benzene rings is 1. The molecule has 1 aromatic heterocycles. The first-order valence-electron chi connectivity index (χ1n) is 7.97. The van der Waals surface area contributed by atoms with Crippen LogP contribution in [0, 0.1) is 0 Å². The van der Waals surface area contributed by atoms with Gasteiger partial charge < -0.3 is 10.1 Å². The van der Waals surface area contributed by atoms with Crippen molar-refractivity contribution in [2.24, 2.45) is 0 Å². The summed E-state index contributed by atoms with van der Waals surface area (Å²) in [5.74, 6) is -0.207. The molecule has 0 spiro atoms. The zero-order chi connectivity index (χ0) is 18.0. The quantitative estimate of drug-likeness (QED) is 0.885. The highest BCUT2D eigenvalue weighted by atomic mass is 32.2. The molecule has 2 atom stereocenters. The molecular weight excluding hydrogens is 360 g/mol. The second kappa shape index (κ2) is 7.25. The largest absolute Gasteiger partial charge is 0.373 e. The number of thiophene rings is 1. The number of morpholine rings is 1. The van der Waals surface area contributed by atoms with Gasteiger partial charge in [0, 0.05) is 18.8 Å². The lowest BCUT2D eigenvalue weighted by molar-refractivity contribution is -0.0440. The first-order chi connectivity index (χ1) is 11.9. The van der Waals surface area contributed by atoms with Gasteiger partial charge in [0.05, 0.1) is 22.0 Å². The minimum atomic E-state index is -3.57. The molecule has 3 rings (SSSR count). The number of nitrogens with zero attached hydrogens (tertiary/aromatic N) is 1. The summed E-state index contributed by atoms with van der Waals surface area (Å²) >= 11 is 1.35. The Labute approximate surface area is 151 Å². The van der Waals surface area contributed by atoms with E-state index in [1.165, 1.54) is 27.8 Å². The molecular formula is C17H20N2O4S2. The van der Waals surface area contributed by atoms with Gasteiger partial charge >= 0.3 is 0 Å². The van der Waals surface area contributed by atoms with Gasteiger partial charge in [0.15, 0.2) is 0 Å². The highest BCUT2D eigenvalue weighted by molar-refractivity contribution is 7.89. The van der Waals surface area contributed by atoms with E-state index in [-0.39, 0.29) is 23.0 Å². The Morgan fingerprint density at radius 2 is 1.80 bits per heavy atom. The summed E-state index contributed by atoms with van der Waals surface area (Å²) in [5, 5.41) is 4.59. The highest BCUT2D eigenvalue weighted by Gasteiger charge is 2.32. The molecule has 0 radical (unpaired) electrons. The smallest absolute Gasteiger partial charge is 0.265 e. The van der Waals surface area contributed by atoms with Crippen LogP contribution < -0.4 is 5.32 Å². The summed E-state index contributed by atoms with van der Waals surface area (Å²) in [6.07, 6.45) is -0.272. The Kier molecular flexibility index (Phi) is 5.24. The van der Waals surface area contributed by atoms with E-state index < -0.39 is 10.0 Å². The Hall–Kier alpha value is -1.74. The third kappa shape index (κ3) is 4.09. The second-order valence-electron chi connectivity index (χ2n) is 6.04. The Morgan fingerprint density at radius 1 is 1.16 bits per heavy atom. The predicted molar refractivity (Wildman–Crippen MR) is 97.5 cm³/mol. The summed E-state index contributed by atoms with van der Waals surface area (Å²) in [6, 6.07) is 9.78. The molecule has 1 fully saturated rings. The van der Waals surface area contributed by atoms with Gasteiger partial charge in [-0.2, -0.15) is 4.31 Å². The fourth-order valence-corrected chi connectivity index (χ4v) is 5.00. The lowest BCUT2D eigenvalue weighted by Crippen LogP contribution is -2.48. The van der Waals surface area contributed by atoms with E-state index in [2.05, 4.69) is 5.32 Å². The van der Waals surface area contributed by atoms with Crippen LogP contribution in [-0.4, -0.2) is 43.9 Å². The fourth-order valence-electron chi connectivity index (χ4n) is 2.79. The molecule has 2 aromatic rings. The van der Waals surface area contributed by atoms with Crippen LogP contribution in [0.1, 0.15) is 23.5 Å². The molecule has 2 heterocycles. The van der Waals surface area contributed by atoms with Crippen LogP contribution in [0.5, 0.6) is 0 Å². The summed E-state index contributed by atoms with van der Waals surface area (Å²) in [6.45, 7) is 4.40. The van der Waals surface area contributed by atoms with E-state index in [0.717, 1.165) is 0 Å². The number of carbonyl (C=O) groups excluding carboxylic acids is 1. The van der Waals surface area contributed by atoms with Gasteiger partial charge in [-0.15, -0.1) is 11.3 Å². The molecule has 6 nitrogen and oxygen atoms in total. The van der Waals surface area contributed by atoms with Crippen molar-refractivity contribution in [1.82, 2.24) is 4.31 Å². The summed E-state index contributed by atoms with van der Waals surface area (Å²) in [5.41, 5.74) is 0.557. The molecule has 0 bridgehead atoms. The number of ether oxygens (including phenoxy) is 1. The number of anilines is 1. The van der Waals surface area contributed by atoms with Gasteiger partial charge in [-0.05, 0) is 49.6 Å². The molecule has 1 N–H and O–H groups in total. The monoisotopic (exact) mass is 380 g/mol. The zero-order valence-corrected chi connectivity index (χ0v) is 15.6. The van der Waals surface area contributed by atoms with Gasteiger partial charge in [0.25, 0.3) is 5.91 Å². The zero-order valence-electron chi connectivity index (χ0n) is 14.0. The molecule has 0 aliphatic carbocycles. The van der Waals surface area contributed by atoms with Crippen molar-refractivity contribution < 1.29 is 17.9 Å². The minimum Gasteiger partial charge on any atom is -0.373 e. The maximum Gasteiger partial charge on any atom is 0.265 e. The molecule has 1 aromatic carbocycles. The van der Waals surface area contributed by atoms with Crippen LogP contribution in [0.2, 0.25) is 0 Å². The van der Waals surface area contributed by atoms with Crippen LogP contribution in [-0.2, 0) is 14.8 Å². The Morgan fingerprint density at radius 3 is 2.36 bits per heavy atom.